The third-order valence-corrected chi connectivity index (χ3v) is 5.46. The molecule has 25 heavy (non-hydrogen) atoms. The van der Waals surface area contributed by atoms with Crippen molar-refractivity contribution in [1.29, 1.82) is 0 Å². The molecule has 0 radical (unpaired) electrons. The number of hydrogen-bond donors (Lipinski definition) is 0. The Labute approximate surface area is 161 Å². The molecule has 0 unspecified atom stereocenters. The SMILES string of the molecule is C=C(C)CCCCCCCCCCCCCCCCCCCCCC. The van der Waals surface area contributed by atoms with Crippen molar-refractivity contribution in [2.24, 2.45) is 0 Å². The van der Waals surface area contributed by atoms with Gasteiger partial charge in [0, 0.05) is 0 Å². The van der Waals surface area contributed by atoms with E-state index in [4.69, 9.17) is 0 Å². The first-order chi connectivity index (χ1) is 12.3. The summed E-state index contributed by atoms with van der Waals surface area (Å²) in [6.07, 6.45) is 30.4. The zero-order chi connectivity index (χ0) is 18.4. The van der Waals surface area contributed by atoms with Gasteiger partial charge in [-0.15, -0.1) is 6.58 Å². The third kappa shape index (κ3) is 23.7. The van der Waals surface area contributed by atoms with Crippen LogP contribution in [0.25, 0.3) is 0 Å². The molecule has 0 fully saturated rings. The minimum absolute atomic E-state index is 1.24. The average Bonchev–Trinajstić information content (AvgIpc) is 2.60. The van der Waals surface area contributed by atoms with E-state index in [1.807, 2.05) is 0 Å². The maximum atomic E-state index is 3.97. The van der Waals surface area contributed by atoms with E-state index >= 15 is 0 Å². The summed E-state index contributed by atoms with van der Waals surface area (Å²) in [7, 11) is 0. The van der Waals surface area contributed by atoms with E-state index in [0.717, 1.165) is 0 Å². The number of allylic oxidation sites excluding steroid dienone is 1. The summed E-state index contributed by atoms with van der Waals surface area (Å²) in [4.78, 5) is 0. The predicted octanol–water partition coefficient (Wildman–Crippen LogP) is 9.77. The van der Waals surface area contributed by atoms with Crippen molar-refractivity contribution in [3.05, 3.63) is 12.2 Å². The number of hydrogen-bond acceptors (Lipinski definition) is 0. The van der Waals surface area contributed by atoms with Gasteiger partial charge in [-0.2, -0.15) is 0 Å². The Kier molecular flexibility index (Phi) is 21.6. The standard InChI is InChI=1S/C25H50/c1-4-5-6-7-8-9-10-11-12-13-14-15-16-17-18-19-20-21-22-23-24-25(2)3/h2,4-24H2,1,3H3. The molecular formula is C25H50. The fourth-order valence-electron chi connectivity index (χ4n) is 3.68. The van der Waals surface area contributed by atoms with Crippen molar-refractivity contribution < 1.29 is 0 Å². The molecule has 0 nitrogen and oxygen atoms in total. The maximum absolute atomic E-state index is 3.97. The van der Waals surface area contributed by atoms with Gasteiger partial charge in [0.15, 0.2) is 0 Å². The smallest absolute Gasteiger partial charge is 0.0326 e. The van der Waals surface area contributed by atoms with Crippen LogP contribution in [0.1, 0.15) is 149 Å². The molecule has 0 rings (SSSR count). The Morgan fingerprint density at radius 2 is 0.680 bits per heavy atom. The van der Waals surface area contributed by atoms with E-state index < -0.39 is 0 Å². The first-order valence-corrected chi connectivity index (χ1v) is 11.9. The molecule has 150 valence electrons. The molecule has 0 aromatic rings. The van der Waals surface area contributed by atoms with Crippen LogP contribution in [-0.4, -0.2) is 0 Å². The average molecular weight is 351 g/mol. The zero-order valence-corrected chi connectivity index (χ0v) is 18.1. The molecular weight excluding hydrogens is 300 g/mol. The Morgan fingerprint density at radius 3 is 0.920 bits per heavy atom. The van der Waals surface area contributed by atoms with E-state index in [0.29, 0.717) is 0 Å². The van der Waals surface area contributed by atoms with E-state index in [9.17, 15) is 0 Å². The molecule has 0 aromatic heterocycles. The van der Waals surface area contributed by atoms with Crippen LogP contribution in [0.4, 0.5) is 0 Å². The second-order valence-corrected chi connectivity index (χ2v) is 8.42. The van der Waals surface area contributed by atoms with Crippen LogP contribution in [0.15, 0.2) is 12.2 Å². The lowest BCUT2D eigenvalue weighted by atomic mass is 10.0. The molecule has 0 spiro atoms. The summed E-state index contributed by atoms with van der Waals surface area (Å²) >= 11 is 0. The number of rotatable bonds is 21. The lowest BCUT2D eigenvalue weighted by molar-refractivity contribution is 0.521. The van der Waals surface area contributed by atoms with Crippen LogP contribution in [0.2, 0.25) is 0 Å². The van der Waals surface area contributed by atoms with Crippen LogP contribution in [-0.2, 0) is 0 Å². The van der Waals surface area contributed by atoms with E-state index in [2.05, 4.69) is 20.4 Å². The van der Waals surface area contributed by atoms with Gasteiger partial charge in [0.2, 0.25) is 0 Å². The van der Waals surface area contributed by atoms with Gasteiger partial charge < -0.3 is 0 Å². The quantitative estimate of drug-likeness (QED) is 0.143. The van der Waals surface area contributed by atoms with E-state index in [1.54, 1.807) is 0 Å². The van der Waals surface area contributed by atoms with Gasteiger partial charge in [0.25, 0.3) is 0 Å². The Balaban J connectivity index is 2.97. The van der Waals surface area contributed by atoms with Gasteiger partial charge >= 0.3 is 0 Å². The van der Waals surface area contributed by atoms with Gasteiger partial charge in [-0.3, -0.25) is 0 Å². The molecule has 0 amide bonds. The highest BCUT2D eigenvalue weighted by Gasteiger charge is 1.95. The van der Waals surface area contributed by atoms with Crippen LogP contribution in [0.5, 0.6) is 0 Å². The van der Waals surface area contributed by atoms with Gasteiger partial charge in [0.1, 0.15) is 0 Å². The molecule has 0 bridgehead atoms. The fourth-order valence-corrected chi connectivity index (χ4v) is 3.68. The van der Waals surface area contributed by atoms with Crippen molar-refractivity contribution in [3.63, 3.8) is 0 Å². The van der Waals surface area contributed by atoms with Crippen LogP contribution >= 0.6 is 0 Å². The summed E-state index contributed by atoms with van der Waals surface area (Å²) in [5, 5.41) is 0. The minimum atomic E-state index is 1.24. The monoisotopic (exact) mass is 350 g/mol. The van der Waals surface area contributed by atoms with Crippen molar-refractivity contribution in [2.75, 3.05) is 0 Å². The van der Waals surface area contributed by atoms with Crippen LogP contribution < -0.4 is 0 Å². The Bertz CT molecular complexity index is 253. The van der Waals surface area contributed by atoms with Crippen molar-refractivity contribution in [2.45, 2.75) is 149 Å². The van der Waals surface area contributed by atoms with Gasteiger partial charge in [-0.25, -0.2) is 0 Å². The molecule has 0 atom stereocenters. The zero-order valence-electron chi connectivity index (χ0n) is 18.1. The summed E-state index contributed by atoms with van der Waals surface area (Å²) in [6.45, 7) is 8.42. The largest absolute Gasteiger partial charge is 0.100 e. The number of unbranched alkanes of at least 4 members (excludes halogenated alkanes) is 19. The third-order valence-electron chi connectivity index (χ3n) is 5.46. The summed E-state index contributed by atoms with van der Waals surface area (Å²) < 4.78 is 0. The highest BCUT2D eigenvalue weighted by molar-refractivity contribution is 4.86. The second kappa shape index (κ2) is 21.8. The molecule has 0 aliphatic heterocycles. The maximum Gasteiger partial charge on any atom is -0.0326 e. The predicted molar refractivity (Wildman–Crippen MR) is 117 cm³/mol. The molecule has 0 aromatic carbocycles. The molecule has 0 saturated heterocycles. The van der Waals surface area contributed by atoms with Gasteiger partial charge in [-0.1, -0.05) is 134 Å². The lowest BCUT2D eigenvalue weighted by Gasteiger charge is -2.04. The van der Waals surface area contributed by atoms with E-state index in [-0.39, 0.29) is 0 Å². The normalized spacial score (nSPS) is 11.1. The highest BCUT2D eigenvalue weighted by Crippen LogP contribution is 2.15. The van der Waals surface area contributed by atoms with Crippen molar-refractivity contribution >= 4 is 0 Å². The first kappa shape index (κ1) is 24.7. The summed E-state index contributed by atoms with van der Waals surface area (Å²) in [5.41, 5.74) is 1.35. The first-order valence-electron chi connectivity index (χ1n) is 11.9. The summed E-state index contributed by atoms with van der Waals surface area (Å²) in [5.74, 6) is 0. The van der Waals surface area contributed by atoms with E-state index in [1.165, 1.54) is 140 Å². The van der Waals surface area contributed by atoms with Crippen LogP contribution in [0, 0.1) is 0 Å². The van der Waals surface area contributed by atoms with Crippen molar-refractivity contribution in [3.8, 4) is 0 Å². The highest BCUT2D eigenvalue weighted by atomic mass is 14.0. The van der Waals surface area contributed by atoms with Gasteiger partial charge in [0.05, 0.1) is 0 Å². The lowest BCUT2D eigenvalue weighted by Crippen LogP contribution is -1.84. The molecule has 0 N–H and O–H groups in total. The Morgan fingerprint density at radius 1 is 0.440 bits per heavy atom. The molecule has 0 heterocycles. The van der Waals surface area contributed by atoms with Crippen LogP contribution in [0.3, 0.4) is 0 Å². The molecule has 0 heteroatoms. The molecule has 0 saturated carbocycles. The van der Waals surface area contributed by atoms with Gasteiger partial charge in [-0.05, 0) is 19.8 Å². The Hall–Kier alpha value is -0.260. The minimum Gasteiger partial charge on any atom is -0.100 e. The summed E-state index contributed by atoms with van der Waals surface area (Å²) in [6, 6.07) is 0. The fraction of sp³-hybridized carbons (Fsp3) is 0.920. The molecule has 0 aliphatic carbocycles. The topological polar surface area (TPSA) is 0 Å². The second-order valence-electron chi connectivity index (χ2n) is 8.42. The van der Waals surface area contributed by atoms with Crippen molar-refractivity contribution in [1.82, 2.24) is 0 Å². The molecule has 0 aliphatic rings.